The lowest BCUT2D eigenvalue weighted by molar-refractivity contribution is 0.190. The zero-order chi connectivity index (χ0) is 10.3. The minimum atomic E-state index is -0.0573. The Hall–Kier alpha value is -0.120. The van der Waals surface area contributed by atoms with Crippen LogP contribution in [0.15, 0.2) is 0 Å². The molecular weight excluding hydrogens is 164 g/mol. The molecule has 0 aromatic rings. The number of aliphatic hydroxyl groups is 1. The maximum absolute atomic E-state index is 8.77. The number of rotatable bonds is 7. The number of hydrogen-bond donors (Lipinski definition) is 2. The fourth-order valence-corrected chi connectivity index (χ4v) is 1.37. The van der Waals surface area contributed by atoms with Crippen LogP contribution in [-0.4, -0.2) is 41.8 Å². The van der Waals surface area contributed by atoms with Crippen molar-refractivity contribution in [2.24, 2.45) is 5.73 Å². The summed E-state index contributed by atoms with van der Waals surface area (Å²) in [7, 11) is 0. The summed E-state index contributed by atoms with van der Waals surface area (Å²) in [6.45, 7) is 8.74. The van der Waals surface area contributed by atoms with Crippen molar-refractivity contribution in [3.63, 3.8) is 0 Å². The van der Waals surface area contributed by atoms with Crippen LogP contribution in [0.5, 0.6) is 0 Å². The Morgan fingerprint density at radius 3 is 2.38 bits per heavy atom. The Morgan fingerprint density at radius 1 is 1.38 bits per heavy atom. The van der Waals surface area contributed by atoms with Crippen LogP contribution in [0.4, 0.5) is 0 Å². The summed E-state index contributed by atoms with van der Waals surface area (Å²) in [5, 5.41) is 8.77. The van der Waals surface area contributed by atoms with E-state index in [1.54, 1.807) is 0 Å². The Morgan fingerprint density at radius 2 is 2.00 bits per heavy atom. The molecule has 80 valence electrons. The zero-order valence-corrected chi connectivity index (χ0v) is 9.16. The second kappa shape index (κ2) is 7.30. The first-order chi connectivity index (χ1) is 6.15. The van der Waals surface area contributed by atoms with Gasteiger partial charge in [-0.05, 0) is 32.9 Å². The van der Waals surface area contributed by atoms with Gasteiger partial charge in [-0.3, -0.25) is 0 Å². The summed E-state index contributed by atoms with van der Waals surface area (Å²) in [5.74, 6) is 0. The van der Waals surface area contributed by atoms with Gasteiger partial charge in [-0.25, -0.2) is 0 Å². The summed E-state index contributed by atoms with van der Waals surface area (Å²) in [6, 6.07) is 0.564. The fourth-order valence-electron chi connectivity index (χ4n) is 1.37. The van der Waals surface area contributed by atoms with Crippen LogP contribution in [0.1, 0.15) is 33.6 Å². The first-order valence-electron chi connectivity index (χ1n) is 5.26. The van der Waals surface area contributed by atoms with E-state index in [9.17, 15) is 0 Å². The Balaban J connectivity index is 3.71. The van der Waals surface area contributed by atoms with Crippen LogP contribution in [0.3, 0.4) is 0 Å². The molecule has 0 heterocycles. The smallest absolute Gasteiger partial charge is 0.0583 e. The van der Waals surface area contributed by atoms with E-state index in [4.69, 9.17) is 10.8 Å². The molecule has 2 unspecified atom stereocenters. The molecule has 0 rings (SSSR count). The van der Waals surface area contributed by atoms with E-state index in [1.165, 1.54) is 6.42 Å². The average molecular weight is 188 g/mol. The maximum Gasteiger partial charge on any atom is 0.0583 e. The van der Waals surface area contributed by atoms with Crippen molar-refractivity contribution >= 4 is 0 Å². The molecule has 0 saturated heterocycles. The van der Waals surface area contributed by atoms with Crippen molar-refractivity contribution in [1.82, 2.24) is 4.90 Å². The van der Waals surface area contributed by atoms with E-state index in [-0.39, 0.29) is 12.6 Å². The molecule has 0 aliphatic carbocycles. The lowest BCUT2D eigenvalue weighted by Gasteiger charge is -2.27. The number of hydrogen-bond acceptors (Lipinski definition) is 3. The average Bonchev–Trinajstić information content (AvgIpc) is 2.17. The van der Waals surface area contributed by atoms with Gasteiger partial charge in [0.1, 0.15) is 0 Å². The van der Waals surface area contributed by atoms with Crippen LogP contribution in [-0.2, 0) is 0 Å². The van der Waals surface area contributed by atoms with Gasteiger partial charge < -0.3 is 15.7 Å². The molecule has 0 radical (unpaired) electrons. The highest BCUT2D eigenvalue weighted by molar-refractivity contribution is 4.68. The molecule has 0 amide bonds. The number of aliphatic hydroxyl groups excluding tert-OH is 1. The van der Waals surface area contributed by atoms with Gasteiger partial charge in [0.25, 0.3) is 0 Å². The maximum atomic E-state index is 8.77. The zero-order valence-electron chi connectivity index (χ0n) is 9.16. The van der Waals surface area contributed by atoms with E-state index in [1.807, 2.05) is 0 Å². The van der Waals surface area contributed by atoms with Crippen molar-refractivity contribution in [2.75, 3.05) is 19.7 Å². The summed E-state index contributed by atoms with van der Waals surface area (Å²) >= 11 is 0. The topological polar surface area (TPSA) is 49.5 Å². The standard InChI is InChI=1S/C10H24N2O/c1-4-9(3)12(5-2)7-6-10(11)8-13/h9-10,13H,4-8,11H2,1-3H3. The monoisotopic (exact) mass is 188 g/mol. The Bertz CT molecular complexity index is 119. The number of nitrogens with zero attached hydrogens (tertiary/aromatic N) is 1. The van der Waals surface area contributed by atoms with Crippen molar-refractivity contribution in [3.05, 3.63) is 0 Å². The van der Waals surface area contributed by atoms with Crippen LogP contribution in [0.2, 0.25) is 0 Å². The van der Waals surface area contributed by atoms with Gasteiger partial charge in [0.05, 0.1) is 6.61 Å². The first kappa shape index (κ1) is 12.9. The molecule has 0 aliphatic heterocycles. The van der Waals surface area contributed by atoms with Crippen molar-refractivity contribution in [1.29, 1.82) is 0 Å². The van der Waals surface area contributed by atoms with Crippen LogP contribution in [0.25, 0.3) is 0 Å². The van der Waals surface area contributed by atoms with Gasteiger partial charge in [0.15, 0.2) is 0 Å². The predicted molar refractivity (Wildman–Crippen MR) is 56.7 cm³/mol. The van der Waals surface area contributed by atoms with Crippen LogP contribution in [0, 0.1) is 0 Å². The van der Waals surface area contributed by atoms with Gasteiger partial charge in [-0.2, -0.15) is 0 Å². The normalized spacial score (nSPS) is 16.2. The second-order valence-corrected chi connectivity index (χ2v) is 3.62. The highest BCUT2D eigenvalue weighted by Gasteiger charge is 2.10. The van der Waals surface area contributed by atoms with Crippen LogP contribution >= 0.6 is 0 Å². The van der Waals surface area contributed by atoms with E-state index in [0.717, 1.165) is 19.5 Å². The van der Waals surface area contributed by atoms with E-state index in [2.05, 4.69) is 25.7 Å². The highest BCUT2D eigenvalue weighted by atomic mass is 16.3. The molecule has 0 spiro atoms. The largest absolute Gasteiger partial charge is 0.395 e. The fraction of sp³-hybridized carbons (Fsp3) is 1.00. The minimum absolute atomic E-state index is 0.0573. The highest BCUT2D eigenvalue weighted by Crippen LogP contribution is 2.04. The van der Waals surface area contributed by atoms with Gasteiger partial charge in [-0.1, -0.05) is 13.8 Å². The first-order valence-corrected chi connectivity index (χ1v) is 5.26. The predicted octanol–water partition coefficient (Wildman–Crippen LogP) is 0.816. The summed E-state index contributed by atoms with van der Waals surface area (Å²) in [4.78, 5) is 2.40. The van der Waals surface area contributed by atoms with E-state index < -0.39 is 0 Å². The summed E-state index contributed by atoms with van der Waals surface area (Å²) < 4.78 is 0. The van der Waals surface area contributed by atoms with Gasteiger partial charge in [-0.15, -0.1) is 0 Å². The van der Waals surface area contributed by atoms with Gasteiger partial charge in [0.2, 0.25) is 0 Å². The molecule has 0 aromatic carbocycles. The molecule has 0 aromatic heterocycles. The molecule has 3 nitrogen and oxygen atoms in total. The number of nitrogens with two attached hydrogens (primary N) is 1. The van der Waals surface area contributed by atoms with Gasteiger partial charge in [0, 0.05) is 12.1 Å². The lowest BCUT2D eigenvalue weighted by Crippen LogP contribution is -2.37. The summed E-state index contributed by atoms with van der Waals surface area (Å²) in [6.07, 6.45) is 2.05. The molecule has 0 fully saturated rings. The van der Waals surface area contributed by atoms with E-state index >= 15 is 0 Å². The molecule has 0 saturated carbocycles. The molecular formula is C10H24N2O. The van der Waals surface area contributed by atoms with Crippen molar-refractivity contribution < 1.29 is 5.11 Å². The molecule has 2 atom stereocenters. The molecule has 3 N–H and O–H groups in total. The van der Waals surface area contributed by atoms with Crippen molar-refractivity contribution in [3.8, 4) is 0 Å². The SMILES string of the molecule is CCC(C)N(CC)CCC(N)CO. The Kier molecular flexibility index (Phi) is 7.23. The molecule has 0 bridgehead atoms. The second-order valence-electron chi connectivity index (χ2n) is 3.62. The third-order valence-electron chi connectivity index (χ3n) is 2.64. The summed E-state index contributed by atoms with van der Waals surface area (Å²) in [5.41, 5.74) is 5.64. The van der Waals surface area contributed by atoms with Crippen LogP contribution < -0.4 is 5.73 Å². The van der Waals surface area contributed by atoms with Crippen molar-refractivity contribution in [2.45, 2.75) is 45.7 Å². The molecule has 0 aliphatic rings. The third-order valence-corrected chi connectivity index (χ3v) is 2.64. The Labute approximate surface area is 81.9 Å². The lowest BCUT2D eigenvalue weighted by atomic mass is 10.1. The van der Waals surface area contributed by atoms with Gasteiger partial charge >= 0.3 is 0 Å². The quantitative estimate of drug-likeness (QED) is 0.622. The molecule has 13 heavy (non-hydrogen) atoms. The third kappa shape index (κ3) is 5.24. The minimum Gasteiger partial charge on any atom is -0.395 e. The molecule has 3 heteroatoms. The van der Waals surface area contributed by atoms with E-state index in [0.29, 0.717) is 6.04 Å².